The number of alkyl halides is 3. The number of hydrogen-bond donors (Lipinski definition) is 1. The van der Waals surface area contributed by atoms with Crippen LogP contribution in [0.25, 0.3) is 0 Å². The molecule has 156 valence electrons. The average Bonchev–Trinajstić information content (AvgIpc) is 2.58. The molecule has 0 atom stereocenters. The molecule has 0 aromatic heterocycles. The van der Waals surface area contributed by atoms with Gasteiger partial charge >= 0.3 is 11.5 Å². The number of carbonyl (C=O) groups excluding carboxylic acids is 2. The van der Waals surface area contributed by atoms with E-state index in [1.807, 2.05) is 0 Å². The van der Waals surface area contributed by atoms with Crippen LogP contribution in [-0.2, 0) is 0 Å². The second-order valence-electron chi connectivity index (χ2n) is 5.36. The molecule has 0 aliphatic rings. The lowest BCUT2D eigenvalue weighted by Gasteiger charge is -2.22. The van der Waals surface area contributed by atoms with Crippen molar-refractivity contribution in [1.29, 1.82) is 0 Å². The first-order valence-electron chi connectivity index (χ1n) is 7.64. The van der Waals surface area contributed by atoms with Crippen LogP contribution in [0.4, 0.5) is 36.8 Å². The molecule has 4 nitrogen and oxygen atoms in total. The van der Waals surface area contributed by atoms with Gasteiger partial charge in [-0.25, -0.2) is 18.0 Å². The van der Waals surface area contributed by atoms with Gasteiger partial charge in [0.25, 0.3) is 5.91 Å². The lowest BCUT2D eigenvalue weighted by molar-refractivity contribution is -0.0328. The van der Waals surface area contributed by atoms with Gasteiger partial charge in [-0.05, 0) is 48.3 Å². The maximum Gasteiger partial charge on any atom is 0.446 e. The third kappa shape index (κ3) is 6.07. The van der Waals surface area contributed by atoms with E-state index in [1.165, 1.54) is 0 Å². The Hall–Kier alpha value is -2.34. The van der Waals surface area contributed by atoms with Crippen LogP contribution in [0.5, 0.6) is 0 Å². The number of carbonyl (C=O) groups is 2. The van der Waals surface area contributed by atoms with Crippen molar-refractivity contribution in [2.45, 2.75) is 10.4 Å². The smallest absolute Gasteiger partial charge is 0.281 e. The maximum atomic E-state index is 14.3. The van der Waals surface area contributed by atoms with E-state index in [4.69, 9.17) is 0 Å². The molecule has 0 bridgehead atoms. The number of anilines is 1. The standard InChI is InChI=1S/C17H12F6N2O2S2/c1-28-8-25(13-6-5-9(7-12(13)20)29-17(21,22)23)16(27)24-15(26)14-10(18)3-2-4-11(14)19/h2-7H,8H2,1H3,(H,24,26,27). The predicted octanol–water partition coefficient (Wildman–Crippen LogP) is 5.39. The number of nitrogens with zero attached hydrogens (tertiary/aromatic N) is 1. The van der Waals surface area contributed by atoms with Gasteiger partial charge in [0.2, 0.25) is 0 Å². The predicted molar refractivity (Wildman–Crippen MR) is 98.4 cm³/mol. The fraction of sp³-hybridized carbons (Fsp3) is 0.176. The van der Waals surface area contributed by atoms with E-state index < -0.39 is 62.8 Å². The summed E-state index contributed by atoms with van der Waals surface area (Å²) >= 11 is 0.505. The molecule has 0 unspecified atom stereocenters. The summed E-state index contributed by atoms with van der Waals surface area (Å²) < 4.78 is 78.9. The molecule has 2 aromatic rings. The van der Waals surface area contributed by atoms with Crippen molar-refractivity contribution in [3.8, 4) is 0 Å². The minimum atomic E-state index is -4.62. The number of amides is 3. The summed E-state index contributed by atoms with van der Waals surface area (Å²) in [4.78, 5) is 24.7. The molecule has 2 rings (SSSR count). The second kappa shape index (κ2) is 9.44. The van der Waals surface area contributed by atoms with Gasteiger partial charge in [-0.15, -0.1) is 11.8 Å². The van der Waals surface area contributed by atoms with Crippen molar-refractivity contribution in [1.82, 2.24) is 5.32 Å². The van der Waals surface area contributed by atoms with Gasteiger partial charge in [-0.2, -0.15) is 13.2 Å². The van der Waals surface area contributed by atoms with Crippen molar-refractivity contribution in [2.24, 2.45) is 0 Å². The van der Waals surface area contributed by atoms with Crippen LogP contribution in [0, 0.1) is 17.5 Å². The van der Waals surface area contributed by atoms with Crippen molar-refractivity contribution in [3.63, 3.8) is 0 Å². The highest BCUT2D eigenvalue weighted by molar-refractivity contribution is 8.00. The van der Waals surface area contributed by atoms with Gasteiger partial charge in [0, 0.05) is 4.90 Å². The number of urea groups is 1. The lowest BCUT2D eigenvalue weighted by Crippen LogP contribution is -2.43. The zero-order valence-corrected chi connectivity index (χ0v) is 16.2. The minimum Gasteiger partial charge on any atom is -0.281 e. The Kier molecular flexibility index (Phi) is 7.47. The molecule has 0 spiro atoms. The van der Waals surface area contributed by atoms with Crippen molar-refractivity contribution in [2.75, 3.05) is 17.0 Å². The number of benzene rings is 2. The molecule has 29 heavy (non-hydrogen) atoms. The highest BCUT2D eigenvalue weighted by Crippen LogP contribution is 2.38. The Labute approximate surface area is 169 Å². The number of imide groups is 1. The van der Waals surface area contributed by atoms with E-state index >= 15 is 0 Å². The summed E-state index contributed by atoms with van der Waals surface area (Å²) in [5, 5.41) is 1.74. The Balaban J connectivity index is 2.27. The van der Waals surface area contributed by atoms with Gasteiger partial charge in [0.1, 0.15) is 23.0 Å². The van der Waals surface area contributed by atoms with E-state index in [9.17, 15) is 35.9 Å². The molecule has 0 saturated carbocycles. The Morgan fingerprint density at radius 1 is 1.03 bits per heavy atom. The van der Waals surface area contributed by atoms with E-state index in [0.29, 0.717) is 6.07 Å². The maximum absolute atomic E-state index is 14.3. The van der Waals surface area contributed by atoms with Crippen LogP contribution in [0.1, 0.15) is 10.4 Å². The lowest BCUT2D eigenvalue weighted by atomic mass is 10.2. The highest BCUT2D eigenvalue weighted by Gasteiger charge is 2.30. The molecule has 12 heteroatoms. The van der Waals surface area contributed by atoms with Crippen LogP contribution in [0.15, 0.2) is 41.3 Å². The van der Waals surface area contributed by atoms with Crippen LogP contribution < -0.4 is 10.2 Å². The summed E-state index contributed by atoms with van der Waals surface area (Å²) in [5.74, 6) is -5.13. The largest absolute Gasteiger partial charge is 0.446 e. The molecule has 0 heterocycles. The van der Waals surface area contributed by atoms with E-state index in [2.05, 4.69) is 0 Å². The van der Waals surface area contributed by atoms with Gasteiger partial charge in [0.15, 0.2) is 0 Å². The van der Waals surface area contributed by atoms with Gasteiger partial charge < -0.3 is 0 Å². The first-order valence-corrected chi connectivity index (χ1v) is 9.85. The van der Waals surface area contributed by atoms with Crippen molar-refractivity contribution < 1.29 is 35.9 Å². The zero-order chi connectivity index (χ0) is 21.8. The molecular formula is C17H12F6N2O2S2. The fourth-order valence-electron chi connectivity index (χ4n) is 2.21. The minimum absolute atomic E-state index is 0.193. The van der Waals surface area contributed by atoms with Crippen LogP contribution in [0.3, 0.4) is 0 Å². The quantitative estimate of drug-likeness (QED) is 0.374. The first-order chi connectivity index (χ1) is 13.5. The van der Waals surface area contributed by atoms with E-state index in [0.717, 1.165) is 47.0 Å². The van der Waals surface area contributed by atoms with Crippen LogP contribution in [-0.4, -0.2) is 29.6 Å². The fourth-order valence-corrected chi connectivity index (χ4v) is 3.29. The number of thioether (sulfide) groups is 2. The van der Waals surface area contributed by atoms with Crippen molar-refractivity contribution >= 4 is 41.1 Å². The number of halogens is 6. The molecule has 0 aliphatic heterocycles. The normalized spacial score (nSPS) is 11.3. The topological polar surface area (TPSA) is 49.4 Å². The Bertz CT molecular complexity index is 903. The second-order valence-corrected chi connectivity index (χ2v) is 7.34. The molecular weight excluding hydrogens is 442 g/mol. The molecule has 0 saturated heterocycles. The van der Waals surface area contributed by atoms with E-state index in [-0.39, 0.29) is 5.88 Å². The summed E-state index contributed by atoms with van der Waals surface area (Å²) in [6, 6.07) is 3.94. The van der Waals surface area contributed by atoms with Gasteiger partial charge in [0.05, 0.1) is 11.6 Å². The monoisotopic (exact) mass is 454 g/mol. The van der Waals surface area contributed by atoms with Gasteiger partial charge in [-0.3, -0.25) is 15.0 Å². The third-order valence-corrected chi connectivity index (χ3v) is 4.59. The summed E-state index contributed by atoms with van der Waals surface area (Å²) in [6.45, 7) is 0. The summed E-state index contributed by atoms with van der Waals surface area (Å²) in [7, 11) is 0. The molecule has 0 radical (unpaired) electrons. The summed E-state index contributed by atoms with van der Waals surface area (Å²) in [5.41, 5.74) is -6.03. The molecule has 0 fully saturated rings. The zero-order valence-electron chi connectivity index (χ0n) is 14.5. The van der Waals surface area contributed by atoms with Crippen LogP contribution in [0.2, 0.25) is 0 Å². The third-order valence-electron chi connectivity index (χ3n) is 3.36. The first kappa shape index (κ1) is 22.9. The number of nitrogens with one attached hydrogen (secondary N) is 1. The molecule has 3 amide bonds. The Morgan fingerprint density at radius 2 is 1.66 bits per heavy atom. The summed E-state index contributed by atoms with van der Waals surface area (Å²) in [6.07, 6.45) is 1.55. The number of hydrogen-bond acceptors (Lipinski definition) is 4. The van der Waals surface area contributed by atoms with Crippen LogP contribution >= 0.6 is 23.5 Å². The number of rotatable bonds is 5. The van der Waals surface area contributed by atoms with Gasteiger partial charge in [-0.1, -0.05) is 6.07 Å². The molecule has 2 aromatic carbocycles. The average molecular weight is 454 g/mol. The SMILES string of the molecule is CSCN(C(=O)NC(=O)c1c(F)cccc1F)c1ccc(SC(F)(F)F)cc1F. The Morgan fingerprint density at radius 3 is 2.17 bits per heavy atom. The molecule has 1 N–H and O–H groups in total. The van der Waals surface area contributed by atoms with E-state index in [1.54, 1.807) is 11.6 Å². The molecule has 0 aliphatic carbocycles. The van der Waals surface area contributed by atoms with Crippen molar-refractivity contribution in [3.05, 3.63) is 59.4 Å². The highest BCUT2D eigenvalue weighted by atomic mass is 32.2.